The summed E-state index contributed by atoms with van der Waals surface area (Å²) in [6, 6.07) is 4.40. The first kappa shape index (κ1) is 21.7. The van der Waals surface area contributed by atoms with Gasteiger partial charge in [0.25, 0.3) is 5.56 Å². The fraction of sp³-hybridized carbons (Fsp3) is 0.409. The van der Waals surface area contributed by atoms with E-state index in [2.05, 4.69) is 15.2 Å². The molecule has 0 bridgehead atoms. The van der Waals surface area contributed by atoms with Crippen molar-refractivity contribution in [2.75, 3.05) is 20.2 Å². The molecule has 0 spiro atoms. The number of nitrogens with zero attached hydrogens (tertiary/aromatic N) is 4. The van der Waals surface area contributed by atoms with Crippen LogP contribution in [-0.4, -0.2) is 56.4 Å². The van der Waals surface area contributed by atoms with Crippen molar-refractivity contribution in [3.05, 3.63) is 58.2 Å². The minimum atomic E-state index is -0.469. The van der Waals surface area contributed by atoms with Gasteiger partial charge >= 0.3 is 0 Å². The van der Waals surface area contributed by atoms with E-state index in [4.69, 9.17) is 4.74 Å². The highest BCUT2D eigenvalue weighted by atomic mass is 19.1. The number of carbonyl (C=O) groups is 2. The third-order valence-corrected chi connectivity index (χ3v) is 5.77. The fourth-order valence-corrected chi connectivity index (χ4v) is 4.02. The molecule has 3 aromatic rings. The summed E-state index contributed by atoms with van der Waals surface area (Å²) in [4.78, 5) is 41.7. The van der Waals surface area contributed by atoms with Crippen molar-refractivity contribution < 1.29 is 18.7 Å². The van der Waals surface area contributed by atoms with Gasteiger partial charge in [0.2, 0.25) is 11.8 Å². The number of halogens is 1. The molecule has 3 aromatic heterocycles. The van der Waals surface area contributed by atoms with Crippen LogP contribution in [0, 0.1) is 11.7 Å². The quantitative estimate of drug-likeness (QED) is 0.562. The van der Waals surface area contributed by atoms with Gasteiger partial charge in [-0.05, 0) is 31.7 Å². The van der Waals surface area contributed by atoms with Gasteiger partial charge in [-0.2, -0.15) is 0 Å². The van der Waals surface area contributed by atoms with Gasteiger partial charge in [0.15, 0.2) is 5.78 Å². The van der Waals surface area contributed by atoms with Gasteiger partial charge in [0.1, 0.15) is 17.0 Å². The maximum atomic E-state index is 13.3. The Morgan fingerprint density at radius 3 is 2.69 bits per heavy atom. The van der Waals surface area contributed by atoms with Gasteiger partial charge in [-0.15, -0.1) is 10.2 Å². The molecule has 10 heteroatoms. The number of aromatic amines is 1. The van der Waals surface area contributed by atoms with Crippen LogP contribution in [0.25, 0.3) is 5.52 Å². The second-order valence-corrected chi connectivity index (χ2v) is 7.89. The van der Waals surface area contributed by atoms with Crippen LogP contribution in [0.4, 0.5) is 4.39 Å². The molecular formula is C22H24FN5O4. The maximum absolute atomic E-state index is 13.3. The SMILES string of the molecule is COc1ccc(C(=O)C2CCN(C(=O)CCCc3cn4cc(F)cc4c(=O)[nH]3)CC2)nn1. The number of likely N-dealkylation sites (tertiary alicyclic amines) is 1. The van der Waals surface area contributed by atoms with Crippen molar-refractivity contribution in [1.82, 2.24) is 24.5 Å². The molecule has 0 aromatic carbocycles. The molecule has 1 aliphatic rings. The lowest BCUT2D eigenvalue weighted by Crippen LogP contribution is -2.40. The summed E-state index contributed by atoms with van der Waals surface area (Å²) in [6.07, 6.45) is 5.49. The number of nitrogens with one attached hydrogen (secondary N) is 1. The molecule has 9 nitrogen and oxygen atoms in total. The van der Waals surface area contributed by atoms with Crippen LogP contribution in [0.5, 0.6) is 5.88 Å². The van der Waals surface area contributed by atoms with Gasteiger partial charge in [-0.3, -0.25) is 14.4 Å². The fourth-order valence-electron chi connectivity index (χ4n) is 4.02. The molecule has 0 radical (unpaired) electrons. The van der Waals surface area contributed by atoms with E-state index in [9.17, 15) is 18.8 Å². The summed E-state index contributed by atoms with van der Waals surface area (Å²) in [5, 5.41) is 7.76. The van der Waals surface area contributed by atoms with Crippen LogP contribution in [0.2, 0.25) is 0 Å². The van der Waals surface area contributed by atoms with Crippen molar-refractivity contribution in [3.8, 4) is 5.88 Å². The second-order valence-electron chi connectivity index (χ2n) is 7.89. The molecular weight excluding hydrogens is 417 g/mol. The first-order valence-corrected chi connectivity index (χ1v) is 10.5. The summed E-state index contributed by atoms with van der Waals surface area (Å²) >= 11 is 0. The zero-order valence-electron chi connectivity index (χ0n) is 17.7. The molecule has 1 saturated heterocycles. The molecule has 0 atom stereocenters. The number of hydrogen-bond donors (Lipinski definition) is 1. The molecule has 1 fully saturated rings. The molecule has 0 unspecified atom stereocenters. The summed E-state index contributed by atoms with van der Waals surface area (Å²) in [6.45, 7) is 1.04. The Kier molecular flexibility index (Phi) is 6.29. The number of Topliss-reactive ketones (excluding diaryl/α,β-unsaturated/α-hetero) is 1. The van der Waals surface area contributed by atoms with E-state index in [1.54, 1.807) is 23.2 Å². The zero-order valence-corrected chi connectivity index (χ0v) is 17.7. The van der Waals surface area contributed by atoms with Crippen LogP contribution in [0.1, 0.15) is 41.9 Å². The highest BCUT2D eigenvalue weighted by molar-refractivity contribution is 5.96. The molecule has 4 rings (SSSR count). The lowest BCUT2D eigenvalue weighted by atomic mass is 9.90. The molecule has 32 heavy (non-hydrogen) atoms. The van der Waals surface area contributed by atoms with Crippen LogP contribution in [-0.2, 0) is 11.2 Å². The average molecular weight is 441 g/mol. The van der Waals surface area contributed by atoms with Gasteiger partial charge in [0, 0.05) is 55.6 Å². The number of ether oxygens (including phenoxy) is 1. The minimum absolute atomic E-state index is 0.0237. The van der Waals surface area contributed by atoms with Crippen molar-refractivity contribution in [2.45, 2.75) is 32.1 Å². The number of fused-ring (bicyclic) bond motifs is 1. The van der Waals surface area contributed by atoms with Gasteiger partial charge in [-0.1, -0.05) is 0 Å². The molecule has 1 aliphatic heterocycles. The minimum Gasteiger partial charge on any atom is -0.480 e. The molecule has 1 amide bonds. The summed E-state index contributed by atoms with van der Waals surface area (Å²) in [5.41, 5.74) is 0.853. The number of hydrogen-bond acceptors (Lipinski definition) is 6. The zero-order chi connectivity index (χ0) is 22.7. The summed E-state index contributed by atoms with van der Waals surface area (Å²) in [7, 11) is 1.49. The first-order chi connectivity index (χ1) is 15.4. The third-order valence-electron chi connectivity index (χ3n) is 5.77. The Labute approximate surface area is 183 Å². The monoisotopic (exact) mass is 441 g/mol. The number of amides is 1. The topological polar surface area (TPSA) is 110 Å². The molecule has 1 N–H and O–H groups in total. The number of methoxy groups -OCH3 is 1. The predicted octanol–water partition coefficient (Wildman–Crippen LogP) is 2.01. The number of aromatic nitrogens is 4. The van der Waals surface area contributed by atoms with Crippen molar-refractivity contribution in [1.29, 1.82) is 0 Å². The van der Waals surface area contributed by atoms with Crippen LogP contribution in [0.15, 0.2) is 35.4 Å². The highest BCUT2D eigenvalue weighted by Crippen LogP contribution is 2.22. The summed E-state index contributed by atoms with van der Waals surface area (Å²) < 4.78 is 19.8. The van der Waals surface area contributed by atoms with Gasteiger partial charge < -0.3 is 19.0 Å². The Hall–Kier alpha value is -3.56. The Balaban J connectivity index is 1.25. The number of ketones is 1. The average Bonchev–Trinajstić information content (AvgIpc) is 3.19. The highest BCUT2D eigenvalue weighted by Gasteiger charge is 2.28. The molecule has 4 heterocycles. The van der Waals surface area contributed by atoms with Crippen molar-refractivity contribution in [2.24, 2.45) is 5.92 Å². The van der Waals surface area contributed by atoms with Crippen LogP contribution < -0.4 is 10.3 Å². The van der Waals surface area contributed by atoms with E-state index in [0.717, 1.165) is 0 Å². The largest absolute Gasteiger partial charge is 0.480 e. The van der Waals surface area contributed by atoms with Gasteiger partial charge in [-0.25, -0.2) is 4.39 Å². The molecule has 0 aliphatic carbocycles. The van der Waals surface area contributed by atoms with Crippen LogP contribution in [0.3, 0.4) is 0 Å². The number of carbonyl (C=O) groups excluding carboxylic acids is 2. The first-order valence-electron chi connectivity index (χ1n) is 10.5. The number of aryl methyl sites for hydroxylation is 1. The van der Waals surface area contributed by atoms with E-state index in [0.29, 0.717) is 62.5 Å². The third kappa shape index (κ3) is 4.68. The Morgan fingerprint density at radius 1 is 1.22 bits per heavy atom. The van der Waals surface area contributed by atoms with Crippen molar-refractivity contribution >= 4 is 17.2 Å². The normalized spacial score (nSPS) is 14.6. The van der Waals surface area contributed by atoms with E-state index in [-0.39, 0.29) is 28.7 Å². The van der Waals surface area contributed by atoms with E-state index in [1.165, 1.54) is 23.8 Å². The van der Waals surface area contributed by atoms with E-state index < -0.39 is 5.82 Å². The van der Waals surface area contributed by atoms with Crippen LogP contribution >= 0.6 is 0 Å². The lowest BCUT2D eigenvalue weighted by Gasteiger charge is -2.31. The number of rotatable bonds is 7. The Bertz CT molecular complexity index is 1180. The second kappa shape index (κ2) is 9.29. The Morgan fingerprint density at radius 2 is 2.00 bits per heavy atom. The standard InChI is InChI=1S/C22H24FN5O4/c1-32-19-6-5-17(25-26-19)21(30)14-7-9-27(10-8-14)20(29)4-2-3-16-13-28-12-15(23)11-18(28)22(31)24-16/h5-6,11-14H,2-4,7-10H2,1H3,(H,24,31). The number of piperidine rings is 1. The van der Waals surface area contributed by atoms with Gasteiger partial charge in [0.05, 0.1) is 7.11 Å². The number of H-pyrrole nitrogens is 1. The van der Waals surface area contributed by atoms with E-state index >= 15 is 0 Å². The van der Waals surface area contributed by atoms with Crippen molar-refractivity contribution in [3.63, 3.8) is 0 Å². The van der Waals surface area contributed by atoms with E-state index in [1.807, 2.05) is 0 Å². The smallest absolute Gasteiger partial charge is 0.272 e. The predicted molar refractivity (Wildman–Crippen MR) is 113 cm³/mol. The lowest BCUT2D eigenvalue weighted by molar-refractivity contribution is -0.132. The molecule has 0 saturated carbocycles. The maximum Gasteiger partial charge on any atom is 0.272 e. The molecule has 168 valence electrons. The summed E-state index contributed by atoms with van der Waals surface area (Å²) in [5.74, 6) is -0.334.